The lowest BCUT2D eigenvalue weighted by molar-refractivity contribution is 0.307. The lowest BCUT2D eigenvalue weighted by atomic mass is 10.2. The molecule has 4 nitrogen and oxygen atoms in total. The number of H-pyrrole nitrogens is 1. The van der Waals surface area contributed by atoms with Crippen LogP contribution < -0.4 is 4.90 Å². The topological polar surface area (TPSA) is 44.8 Å². The molecule has 0 saturated heterocycles. The minimum atomic E-state index is -0.746. The SMILES string of the molecule is CN(c1ncnc2[nH]ccc12)C1CCCC1F. The lowest BCUT2D eigenvalue weighted by Crippen LogP contribution is -2.36. The zero-order valence-electron chi connectivity index (χ0n) is 9.73. The Morgan fingerprint density at radius 3 is 3.06 bits per heavy atom. The first-order valence-electron chi connectivity index (χ1n) is 5.92. The van der Waals surface area contributed by atoms with Crippen molar-refractivity contribution in [3.63, 3.8) is 0 Å². The fraction of sp³-hybridized carbons (Fsp3) is 0.500. The van der Waals surface area contributed by atoms with E-state index in [-0.39, 0.29) is 6.04 Å². The number of halogens is 1. The molecule has 2 unspecified atom stereocenters. The van der Waals surface area contributed by atoms with Gasteiger partial charge in [0.1, 0.15) is 24.0 Å². The predicted molar refractivity (Wildman–Crippen MR) is 64.8 cm³/mol. The van der Waals surface area contributed by atoms with E-state index in [4.69, 9.17) is 0 Å². The van der Waals surface area contributed by atoms with Gasteiger partial charge in [0.2, 0.25) is 0 Å². The van der Waals surface area contributed by atoms with Gasteiger partial charge in [0.15, 0.2) is 0 Å². The minimum Gasteiger partial charge on any atom is -0.353 e. The van der Waals surface area contributed by atoms with E-state index in [2.05, 4.69) is 15.0 Å². The highest BCUT2D eigenvalue weighted by Crippen LogP contribution is 2.31. The third-order valence-electron chi connectivity index (χ3n) is 3.56. The summed E-state index contributed by atoms with van der Waals surface area (Å²) in [5.41, 5.74) is 0.801. The highest BCUT2D eigenvalue weighted by Gasteiger charge is 2.31. The summed E-state index contributed by atoms with van der Waals surface area (Å²) >= 11 is 0. The molecule has 0 aliphatic heterocycles. The van der Waals surface area contributed by atoms with E-state index in [1.807, 2.05) is 24.2 Å². The Morgan fingerprint density at radius 2 is 2.29 bits per heavy atom. The molecule has 2 aromatic rings. The molecule has 1 saturated carbocycles. The highest BCUT2D eigenvalue weighted by atomic mass is 19.1. The molecule has 1 aliphatic carbocycles. The Bertz CT molecular complexity index is 524. The van der Waals surface area contributed by atoms with Gasteiger partial charge in [0.25, 0.3) is 0 Å². The Morgan fingerprint density at radius 1 is 1.41 bits per heavy atom. The number of anilines is 1. The van der Waals surface area contributed by atoms with Crippen LogP contribution >= 0.6 is 0 Å². The van der Waals surface area contributed by atoms with Gasteiger partial charge in [-0.3, -0.25) is 0 Å². The molecule has 2 atom stereocenters. The fourth-order valence-electron chi connectivity index (χ4n) is 2.63. The molecule has 3 rings (SSSR count). The van der Waals surface area contributed by atoms with Crippen molar-refractivity contribution in [2.45, 2.75) is 31.5 Å². The first-order valence-corrected chi connectivity index (χ1v) is 5.92. The van der Waals surface area contributed by atoms with Crippen LogP contribution in [0.25, 0.3) is 11.0 Å². The lowest BCUT2D eigenvalue weighted by Gasteiger charge is -2.27. The standard InChI is InChI=1S/C12H15FN4/c1-17(10-4-2-3-9(10)13)12-8-5-6-14-11(8)15-7-16-12/h5-7,9-10H,2-4H2,1H3,(H,14,15,16). The number of aromatic amines is 1. The van der Waals surface area contributed by atoms with Gasteiger partial charge in [-0.1, -0.05) is 0 Å². The molecule has 0 radical (unpaired) electrons. The Kier molecular flexibility index (Phi) is 2.46. The molecule has 0 aromatic carbocycles. The number of hydrogen-bond donors (Lipinski definition) is 1. The highest BCUT2D eigenvalue weighted by molar-refractivity contribution is 5.87. The van der Waals surface area contributed by atoms with Crippen LogP contribution in [0.4, 0.5) is 10.2 Å². The predicted octanol–water partition coefficient (Wildman–Crippen LogP) is 2.28. The molecule has 1 N–H and O–H groups in total. The van der Waals surface area contributed by atoms with Gasteiger partial charge in [-0.25, -0.2) is 14.4 Å². The van der Waals surface area contributed by atoms with Crippen molar-refractivity contribution < 1.29 is 4.39 Å². The number of aromatic nitrogens is 3. The second-order valence-electron chi connectivity index (χ2n) is 4.56. The zero-order chi connectivity index (χ0) is 11.8. The van der Waals surface area contributed by atoms with Crippen molar-refractivity contribution in [3.8, 4) is 0 Å². The molecule has 1 aliphatic rings. The molecular formula is C12H15FN4. The quantitative estimate of drug-likeness (QED) is 0.867. The largest absolute Gasteiger partial charge is 0.353 e. The molecule has 0 bridgehead atoms. The van der Waals surface area contributed by atoms with Crippen LogP contribution in [-0.2, 0) is 0 Å². The van der Waals surface area contributed by atoms with Gasteiger partial charge in [0, 0.05) is 13.2 Å². The second-order valence-corrected chi connectivity index (χ2v) is 4.56. The molecule has 5 heteroatoms. The van der Waals surface area contributed by atoms with Gasteiger partial charge < -0.3 is 9.88 Å². The van der Waals surface area contributed by atoms with Gasteiger partial charge >= 0.3 is 0 Å². The van der Waals surface area contributed by atoms with Crippen LogP contribution in [0.5, 0.6) is 0 Å². The molecule has 0 spiro atoms. The summed E-state index contributed by atoms with van der Waals surface area (Å²) in [5, 5.41) is 0.953. The monoisotopic (exact) mass is 234 g/mol. The van der Waals surface area contributed by atoms with E-state index in [9.17, 15) is 4.39 Å². The molecule has 90 valence electrons. The van der Waals surface area contributed by atoms with Crippen molar-refractivity contribution in [2.75, 3.05) is 11.9 Å². The smallest absolute Gasteiger partial charge is 0.142 e. The average molecular weight is 234 g/mol. The number of rotatable bonds is 2. The van der Waals surface area contributed by atoms with Crippen LogP contribution in [0, 0.1) is 0 Å². The van der Waals surface area contributed by atoms with Crippen molar-refractivity contribution in [1.29, 1.82) is 0 Å². The van der Waals surface area contributed by atoms with Crippen LogP contribution in [0.1, 0.15) is 19.3 Å². The van der Waals surface area contributed by atoms with E-state index in [0.29, 0.717) is 6.42 Å². The number of nitrogens with one attached hydrogen (secondary N) is 1. The number of alkyl halides is 1. The van der Waals surface area contributed by atoms with Crippen LogP contribution in [0.15, 0.2) is 18.6 Å². The summed E-state index contributed by atoms with van der Waals surface area (Å²) < 4.78 is 13.8. The molecule has 17 heavy (non-hydrogen) atoms. The number of fused-ring (bicyclic) bond motifs is 1. The molecule has 2 aromatic heterocycles. The average Bonchev–Trinajstić information content (AvgIpc) is 2.95. The summed E-state index contributed by atoms with van der Waals surface area (Å²) in [6.45, 7) is 0. The van der Waals surface area contributed by atoms with Crippen molar-refractivity contribution in [3.05, 3.63) is 18.6 Å². The maximum Gasteiger partial charge on any atom is 0.142 e. The van der Waals surface area contributed by atoms with Crippen LogP contribution in [0.3, 0.4) is 0 Å². The van der Waals surface area contributed by atoms with Gasteiger partial charge in [0.05, 0.1) is 11.4 Å². The van der Waals surface area contributed by atoms with Gasteiger partial charge in [-0.05, 0) is 25.3 Å². The van der Waals surface area contributed by atoms with E-state index in [1.54, 1.807) is 0 Å². The molecular weight excluding hydrogens is 219 g/mol. The summed E-state index contributed by atoms with van der Waals surface area (Å²) in [5.74, 6) is 0.811. The Labute approximate surface area is 98.9 Å². The van der Waals surface area contributed by atoms with E-state index in [1.165, 1.54) is 6.33 Å². The van der Waals surface area contributed by atoms with Crippen molar-refractivity contribution >= 4 is 16.9 Å². The Hall–Kier alpha value is -1.65. The maximum absolute atomic E-state index is 13.8. The normalized spacial score (nSPS) is 24.4. The first-order chi connectivity index (χ1) is 8.27. The van der Waals surface area contributed by atoms with E-state index in [0.717, 1.165) is 29.7 Å². The van der Waals surface area contributed by atoms with Gasteiger partial charge in [-0.2, -0.15) is 0 Å². The van der Waals surface area contributed by atoms with Crippen LogP contribution in [0.2, 0.25) is 0 Å². The first kappa shape index (κ1) is 10.5. The Balaban J connectivity index is 2.00. The summed E-state index contributed by atoms with van der Waals surface area (Å²) in [6.07, 6.45) is 5.12. The third kappa shape index (κ3) is 1.66. The summed E-state index contributed by atoms with van der Waals surface area (Å²) in [4.78, 5) is 13.4. The second kappa shape index (κ2) is 3.98. The zero-order valence-corrected chi connectivity index (χ0v) is 9.73. The van der Waals surface area contributed by atoms with E-state index < -0.39 is 6.17 Å². The third-order valence-corrected chi connectivity index (χ3v) is 3.56. The van der Waals surface area contributed by atoms with Crippen LogP contribution in [-0.4, -0.2) is 34.2 Å². The minimum absolute atomic E-state index is 0.0528. The van der Waals surface area contributed by atoms with E-state index >= 15 is 0 Å². The maximum atomic E-state index is 13.8. The molecule has 2 heterocycles. The fourth-order valence-corrected chi connectivity index (χ4v) is 2.63. The number of hydrogen-bond acceptors (Lipinski definition) is 3. The van der Waals surface area contributed by atoms with Crippen molar-refractivity contribution in [2.24, 2.45) is 0 Å². The molecule has 1 fully saturated rings. The molecule has 0 amide bonds. The summed E-state index contributed by atoms with van der Waals surface area (Å²) in [6, 6.07) is 1.88. The summed E-state index contributed by atoms with van der Waals surface area (Å²) in [7, 11) is 1.91. The van der Waals surface area contributed by atoms with Gasteiger partial charge in [-0.15, -0.1) is 0 Å². The van der Waals surface area contributed by atoms with Crippen molar-refractivity contribution in [1.82, 2.24) is 15.0 Å². The number of nitrogens with zero attached hydrogens (tertiary/aromatic N) is 3.